The summed E-state index contributed by atoms with van der Waals surface area (Å²) in [4.78, 5) is 0. The largest absolute Gasteiger partial charge is 0.454 e. The molecule has 4 aromatic carbocycles. The Hall–Kier alpha value is -3.52. The third-order valence-electron chi connectivity index (χ3n) is 5.36. The molecule has 2 heteroatoms. The predicted octanol–water partition coefficient (Wildman–Crippen LogP) is 7.61. The molecule has 5 rings (SSSR count). The molecular weight excluding hydrogens is 342 g/mol. The number of furan rings is 1. The van der Waals surface area contributed by atoms with Gasteiger partial charge in [-0.05, 0) is 48.2 Å². The highest BCUT2D eigenvalue weighted by molar-refractivity contribution is 6.09. The van der Waals surface area contributed by atoms with Gasteiger partial charge in [0.05, 0.1) is 5.69 Å². The van der Waals surface area contributed by atoms with Crippen molar-refractivity contribution in [1.82, 2.24) is 0 Å². The molecule has 0 aliphatic carbocycles. The van der Waals surface area contributed by atoms with Crippen LogP contribution in [0.1, 0.15) is 11.1 Å². The Morgan fingerprint density at radius 1 is 0.643 bits per heavy atom. The third-order valence-corrected chi connectivity index (χ3v) is 5.36. The summed E-state index contributed by atoms with van der Waals surface area (Å²) in [6.07, 6.45) is 0. The van der Waals surface area contributed by atoms with Gasteiger partial charge in [0, 0.05) is 16.5 Å². The normalized spacial score (nSPS) is 11.2. The van der Waals surface area contributed by atoms with Gasteiger partial charge in [-0.1, -0.05) is 72.8 Å². The van der Waals surface area contributed by atoms with E-state index in [0.29, 0.717) is 0 Å². The lowest BCUT2D eigenvalue weighted by Gasteiger charge is -2.14. The summed E-state index contributed by atoms with van der Waals surface area (Å²) in [7, 11) is 0. The van der Waals surface area contributed by atoms with Crippen LogP contribution in [0.15, 0.2) is 89.3 Å². The van der Waals surface area contributed by atoms with Crippen LogP contribution in [0.4, 0.5) is 11.4 Å². The highest BCUT2D eigenvalue weighted by Crippen LogP contribution is 2.37. The van der Waals surface area contributed by atoms with Gasteiger partial charge in [0.15, 0.2) is 5.58 Å². The number of hydrogen-bond acceptors (Lipinski definition) is 2. The maximum Gasteiger partial charge on any atom is 0.159 e. The number of anilines is 2. The molecule has 0 aliphatic rings. The zero-order valence-corrected chi connectivity index (χ0v) is 16.0. The van der Waals surface area contributed by atoms with Gasteiger partial charge in [-0.15, -0.1) is 0 Å². The molecule has 0 radical (unpaired) electrons. The molecule has 0 aliphatic heterocycles. The van der Waals surface area contributed by atoms with Crippen molar-refractivity contribution in [3.8, 4) is 11.1 Å². The van der Waals surface area contributed by atoms with E-state index in [1.807, 2.05) is 18.2 Å². The SMILES string of the molecule is Cc1ccc(-c2ccccc2)cc1Nc1c(C)ccc2c1oc1ccccc12. The van der Waals surface area contributed by atoms with Crippen molar-refractivity contribution in [2.45, 2.75) is 13.8 Å². The highest BCUT2D eigenvalue weighted by Gasteiger charge is 2.14. The molecular formula is C26H21NO. The molecule has 1 aromatic heterocycles. The van der Waals surface area contributed by atoms with E-state index < -0.39 is 0 Å². The van der Waals surface area contributed by atoms with Crippen LogP contribution in [0.25, 0.3) is 33.1 Å². The molecule has 0 atom stereocenters. The number of nitrogens with one attached hydrogen (secondary N) is 1. The fourth-order valence-corrected chi connectivity index (χ4v) is 3.74. The van der Waals surface area contributed by atoms with E-state index >= 15 is 0 Å². The number of hydrogen-bond donors (Lipinski definition) is 1. The van der Waals surface area contributed by atoms with Crippen LogP contribution < -0.4 is 5.32 Å². The number of rotatable bonds is 3. The van der Waals surface area contributed by atoms with Gasteiger partial charge in [0.25, 0.3) is 0 Å². The van der Waals surface area contributed by atoms with Crippen molar-refractivity contribution in [2.24, 2.45) is 0 Å². The van der Waals surface area contributed by atoms with Gasteiger partial charge in [0.1, 0.15) is 5.58 Å². The Morgan fingerprint density at radius 3 is 2.25 bits per heavy atom. The number of aryl methyl sites for hydroxylation is 2. The molecule has 0 saturated carbocycles. The van der Waals surface area contributed by atoms with Crippen LogP contribution in [-0.2, 0) is 0 Å². The van der Waals surface area contributed by atoms with Gasteiger partial charge < -0.3 is 9.73 Å². The zero-order valence-electron chi connectivity index (χ0n) is 16.0. The smallest absolute Gasteiger partial charge is 0.159 e. The molecule has 136 valence electrons. The lowest BCUT2D eigenvalue weighted by atomic mass is 10.0. The van der Waals surface area contributed by atoms with E-state index in [1.165, 1.54) is 16.7 Å². The predicted molar refractivity (Wildman–Crippen MR) is 118 cm³/mol. The molecule has 1 N–H and O–H groups in total. The van der Waals surface area contributed by atoms with Gasteiger partial charge >= 0.3 is 0 Å². The fraction of sp³-hybridized carbons (Fsp3) is 0.0769. The van der Waals surface area contributed by atoms with E-state index in [1.54, 1.807) is 0 Å². The number of fused-ring (bicyclic) bond motifs is 3. The second-order valence-corrected chi connectivity index (χ2v) is 7.25. The molecule has 0 bridgehead atoms. The summed E-state index contributed by atoms with van der Waals surface area (Å²) >= 11 is 0. The standard InChI is InChI=1S/C26H21NO/c1-17-12-14-20(19-8-4-3-5-9-19)16-23(17)27-25-18(2)13-15-22-21-10-6-7-11-24(21)28-26(22)25/h3-16,27H,1-2H3. The molecule has 0 amide bonds. The van der Waals surface area contributed by atoms with Gasteiger partial charge in [-0.25, -0.2) is 0 Å². The van der Waals surface area contributed by atoms with Crippen molar-refractivity contribution >= 4 is 33.3 Å². The van der Waals surface area contributed by atoms with Crippen LogP contribution in [0.2, 0.25) is 0 Å². The minimum Gasteiger partial charge on any atom is -0.454 e. The van der Waals surface area contributed by atoms with Crippen LogP contribution in [0, 0.1) is 13.8 Å². The summed E-state index contributed by atoms with van der Waals surface area (Å²) < 4.78 is 6.23. The zero-order chi connectivity index (χ0) is 19.1. The third kappa shape index (κ3) is 2.74. The quantitative estimate of drug-likeness (QED) is 0.357. The van der Waals surface area contributed by atoms with E-state index in [9.17, 15) is 0 Å². The molecule has 1 heterocycles. The lowest BCUT2D eigenvalue weighted by molar-refractivity contribution is 0.670. The Kier molecular flexibility index (Phi) is 3.91. The van der Waals surface area contributed by atoms with E-state index in [-0.39, 0.29) is 0 Å². The van der Waals surface area contributed by atoms with E-state index in [4.69, 9.17) is 4.42 Å². The first-order valence-electron chi connectivity index (χ1n) is 9.54. The maximum atomic E-state index is 6.23. The molecule has 2 nitrogen and oxygen atoms in total. The number of benzene rings is 4. The first kappa shape index (κ1) is 16.6. The first-order valence-corrected chi connectivity index (χ1v) is 9.54. The lowest BCUT2D eigenvalue weighted by Crippen LogP contribution is -1.96. The Morgan fingerprint density at radius 2 is 1.39 bits per heavy atom. The van der Waals surface area contributed by atoms with Crippen LogP contribution in [-0.4, -0.2) is 0 Å². The van der Waals surface area contributed by atoms with E-state index in [2.05, 4.69) is 85.9 Å². The Labute approximate surface area is 164 Å². The minimum atomic E-state index is 0.908. The van der Waals surface area contributed by atoms with Crippen molar-refractivity contribution in [2.75, 3.05) is 5.32 Å². The average Bonchev–Trinajstić information content (AvgIpc) is 3.11. The molecule has 5 aromatic rings. The summed E-state index contributed by atoms with van der Waals surface area (Å²) in [5, 5.41) is 5.95. The monoisotopic (exact) mass is 363 g/mol. The van der Waals surface area contributed by atoms with Crippen molar-refractivity contribution < 1.29 is 4.42 Å². The minimum absolute atomic E-state index is 0.908. The second-order valence-electron chi connectivity index (χ2n) is 7.25. The van der Waals surface area contributed by atoms with E-state index in [0.717, 1.165) is 38.9 Å². The maximum absolute atomic E-state index is 6.23. The fourth-order valence-electron chi connectivity index (χ4n) is 3.74. The van der Waals surface area contributed by atoms with Crippen LogP contribution in [0.3, 0.4) is 0 Å². The van der Waals surface area contributed by atoms with Gasteiger partial charge in [0.2, 0.25) is 0 Å². The van der Waals surface area contributed by atoms with Crippen molar-refractivity contribution in [1.29, 1.82) is 0 Å². The van der Waals surface area contributed by atoms with Gasteiger partial charge in [-0.2, -0.15) is 0 Å². The molecule has 0 unspecified atom stereocenters. The molecule has 28 heavy (non-hydrogen) atoms. The summed E-state index contributed by atoms with van der Waals surface area (Å²) in [6, 6.07) is 29.5. The topological polar surface area (TPSA) is 25.2 Å². The van der Waals surface area contributed by atoms with Crippen LogP contribution in [0.5, 0.6) is 0 Å². The molecule has 0 spiro atoms. The van der Waals surface area contributed by atoms with Crippen molar-refractivity contribution in [3.05, 3.63) is 96.1 Å². The summed E-state index contributed by atoms with van der Waals surface area (Å²) in [6.45, 7) is 4.25. The average molecular weight is 363 g/mol. The Bertz CT molecular complexity index is 1300. The first-order chi connectivity index (χ1) is 13.7. The van der Waals surface area contributed by atoms with Crippen molar-refractivity contribution in [3.63, 3.8) is 0 Å². The Balaban J connectivity index is 1.65. The number of para-hydroxylation sites is 1. The summed E-state index contributed by atoms with van der Waals surface area (Å²) in [5.41, 5.74) is 8.72. The second kappa shape index (κ2) is 6.58. The molecule has 0 fully saturated rings. The molecule has 0 saturated heterocycles. The van der Waals surface area contributed by atoms with Gasteiger partial charge in [-0.3, -0.25) is 0 Å². The highest BCUT2D eigenvalue weighted by atomic mass is 16.3. The summed E-state index contributed by atoms with van der Waals surface area (Å²) in [5.74, 6) is 0. The van der Waals surface area contributed by atoms with Crippen LogP contribution >= 0.6 is 0 Å².